The first-order valence-corrected chi connectivity index (χ1v) is 11.2. The van der Waals surface area contributed by atoms with Gasteiger partial charge in [0.2, 0.25) is 0 Å². The molecule has 2 aliphatic rings. The average molecular weight is 452 g/mol. The number of hydrogen-bond acceptors (Lipinski definition) is 6. The number of amidine groups is 1. The molecule has 2 amide bonds. The van der Waals surface area contributed by atoms with E-state index in [4.69, 9.17) is 9.47 Å². The normalized spacial score (nSPS) is 18.8. The van der Waals surface area contributed by atoms with E-state index in [1.165, 1.54) is 17.3 Å². The molecule has 0 atom stereocenters. The Labute approximate surface area is 191 Å². The molecule has 7 nitrogen and oxygen atoms in total. The van der Waals surface area contributed by atoms with E-state index in [0.717, 1.165) is 16.8 Å². The largest absolute Gasteiger partial charge is 0.484 e. The molecule has 0 spiro atoms. The molecule has 166 valence electrons. The molecule has 0 saturated carbocycles. The maximum atomic E-state index is 12.3. The predicted molar refractivity (Wildman–Crippen MR) is 126 cm³/mol. The van der Waals surface area contributed by atoms with E-state index in [9.17, 15) is 9.59 Å². The van der Waals surface area contributed by atoms with Crippen LogP contribution in [0.5, 0.6) is 5.75 Å². The maximum Gasteiger partial charge on any atom is 0.264 e. The van der Waals surface area contributed by atoms with Crippen molar-refractivity contribution >= 4 is 40.5 Å². The van der Waals surface area contributed by atoms with E-state index < -0.39 is 0 Å². The summed E-state index contributed by atoms with van der Waals surface area (Å²) in [6.45, 7) is 6.42. The Balaban J connectivity index is 1.36. The second-order valence-corrected chi connectivity index (χ2v) is 8.63. The number of carbonyl (C=O) groups is 2. The first kappa shape index (κ1) is 22.1. The third kappa shape index (κ3) is 5.57. The van der Waals surface area contributed by atoms with E-state index in [-0.39, 0.29) is 18.4 Å². The van der Waals surface area contributed by atoms with Crippen molar-refractivity contribution in [3.63, 3.8) is 0 Å². The number of nitrogens with zero attached hydrogens (tertiary/aromatic N) is 2. The lowest BCUT2D eigenvalue weighted by atomic mass is 10.1. The van der Waals surface area contributed by atoms with Crippen molar-refractivity contribution in [2.75, 3.05) is 32.9 Å². The lowest BCUT2D eigenvalue weighted by molar-refractivity contribution is -0.137. The zero-order valence-electron chi connectivity index (χ0n) is 18.1. The fourth-order valence-corrected chi connectivity index (χ4v) is 4.10. The molecule has 0 unspecified atom stereocenters. The van der Waals surface area contributed by atoms with Gasteiger partial charge < -0.3 is 19.7 Å². The van der Waals surface area contributed by atoms with Crippen LogP contribution in [0.15, 0.2) is 52.4 Å². The van der Waals surface area contributed by atoms with Crippen molar-refractivity contribution in [1.82, 2.24) is 10.2 Å². The number of ether oxygens (including phenoxy) is 2. The van der Waals surface area contributed by atoms with Gasteiger partial charge in [-0.05, 0) is 72.6 Å². The first-order valence-electron chi connectivity index (χ1n) is 10.4. The fourth-order valence-electron chi connectivity index (χ4n) is 3.25. The van der Waals surface area contributed by atoms with Gasteiger partial charge in [0.15, 0.2) is 11.8 Å². The minimum Gasteiger partial charge on any atom is -0.484 e. The van der Waals surface area contributed by atoms with Gasteiger partial charge >= 0.3 is 0 Å². The number of nitrogens with one attached hydrogen (secondary N) is 1. The van der Waals surface area contributed by atoms with Crippen LogP contribution >= 0.6 is 11.8 Å². The Bertz CT molecular complexity index is 1070. The second kappa shape index (κ2) is 10.0. The molecule has 4 rings (SSSR count). The molecule has 0 aromatic heterocycles. The highest BCUT2D eigenvalue weighted by molar-refractivity contribution is 8.18. The van der Waals surface area contributed by atoms with Gasteiger partial charge in [-0.15, -0.1) is 0 Å². The summed E-state index contributed by atoms with van der Waals surface area (Å²) in [7, 11) is 0. The van der Waals surface area contributed by atoms with Gasteiger partial charge in [0.1, 0.15) is 5.75 Å². The number of rotatable bonds is 5. The van der Waals surface area contributed by atoms with Gasteiger partial charge in [0, 0.05) is 13.1 Å². The zero-order chi connectivity index (χ0) is 22.5. The van der Waals surface area contributed by atoms with Crippen LogP contribution in [0.2, 0.25) is 0 Å². The predicted octanol–water partition coefficient (Wildman–Crippen LogP) is 3.43. The van der Waals surface area contributed by atoms with Gasteiger partial charge in [-0.2, -0.15) is 0 Å². The number of hydrogen-bond donors (Lipinski definition) is 1. The molecule has 0 radical (unpaired) electrons. The van der Waals surface area contributed by atoms with Crippen molar-refractivity contribution in [1.29, 1.82) is 0 Å². The lowest BCUT2D eigenvalue weighted by Crippen LogP contribution is -2.42. The van der Waals surface area contributed by atoms with E-state index in [0.29, 0.717) is 42.1 Å². The highest BCUT2D eigenvalue weighted by Crippen LogP contribution is 2.29. The van der Waals surface area contributed by atoms with Crippen LogP contribution in [0, 0.1) is 13.8 Å². The summed E-state index contributed by atoms with van der Waals surface area (Å²) < 4.78 is 10.9. The van der Waals surface area contributed by atoms with Crippen LogP contribution < -0.4 is 10.1 Å². The van der Waals surface area contributed by atoms with Crippen molar-refractivity contribution in [3.8, 4) is 5.75 Å². The van der Waals surface area contributed by atoms with Gasteiger partial charge in [-0.1, -0.05) is 18.2 Å². The Morgan fingerprint density at radius 1 is 1.16 bits per heavy atom. The molecule has 2 aliphatic heterocycles. The summed E-state index contributed by atoms with van der Waals surface area (Å²) in [6.07, 6.45) is 1.81. The Morgan fingerprint density at radius 2 is 1.91 bits per heavy atom. The molecule has 2 aromatic carbocycles. The molecule has 32 heavy (non-hydrogen) atoms. The molecule has 8 heteroatoms. The number of aryl methyl sites for hydroxylation is 2. The third-order valence-electron chi connectivity index (χ3n) is 5.28. The highest BCUT2D eigenvalue weighted by atomic mass is 32.2. The summed E-state index contributed by atoms with van der Waals surface area (Å²) >= 11 is 1.31. The van der Waals surface area contributed by atoms with Crippen LogP contribution in [0.4, 0.5) is 5.69 Å². The Morgan fingerprint density at radius 3 is 2.62 bits per heavy atom. The van der Waals surface area contributed by atoms with Crippen LogP contribution in [0.25, 0.3) is 6.08 Å². The summed E-state index contributed by atoms with van der Waals surface area (Å²) in [6, 6.07) is 13.2. The van der Waals surface area contributed by atoms with Gasteiger partial charge in [0.05, 0.1) is 23.8 Å². The quantitative estimate of drug-likeness (QED) is 0.705. The molecular weight excluding hydrogens is 426 g/mol. The second-order valence-electron chi connectivity index (χ2n) is 7.60. The molecule has 2 saturated heterocycles. The number of morpholine rings is 1. The number of thioether (sulfide) groups is 1. The first-order chi connectivity index (χ1) is 15.5. The Hall–Kier alpha value is -3.10. The van der Waals surface area contributed by atoms with Gasteiger partial charge in [-0.25, -0.2) is 4.99 Å². The standard InChI is InChI=1S/C24H25N3O4S/c1-16-3-6-19(13-17(16)2)25-24-26-23(29)21(32-24)14-18-4-7-20(8-5-18)31-15-22(28)27-9-11-30-12-10-27/h3-8,13-14H,9-12,15H2,1-2H3,(H,25,26,29)/b21-14-. The maximum absolute atomic E-state index is 12.3. The number of carbonyl (C=O) groups excluding carboxylic acids is 2. The summed E-state index contributed by atoms with van der Waals surface area (Å²) in [5.41, 5.74) is 4.04. The molecule has 2 fully saturated rings. The van der Waals surface area contributed by atoms with Crippen LogP contribution in [-0.2, 0) is 14.3 Å². The van der Waals surface area contributed by atoms with E-state index in [1.807, 2.05) is 43.3 Å². The van der Waals surface area contributed by atoms with Crippen LogP contribution in [-0.4, -0.2) is 54.8 Å². The SMILES string of the molecule is Cc1ccc(N=C2NC(=O)/C(=C/c3ccc(OCC(=O)N4CCOCC4)cc3)S2)cc1C. The smallest absolute Gasteiger partial charge is 0.264 e. The Kier molecular flexibility index (Phi) is 6.92. The van der Waals surface area contributed by atoms with Crippen molar-refractivity contribution < 1.29 is 19.1 Å². The minimum atomic E-state index is -0.172. The van der Waals surface area contributed by atoms with Gasteiger partial charge in [-0.3, -0.25) is 9.59 Å². The van der Waals surface area contributed by atoms with E-state index in [1.54, 1.807) is 17.0 Å². The molecule has 2 heterocycles. The summed E-state index contributed by atoms with van der Waals surface area (Å²) in [4.78, 5) is 31.4. The third-order valence-corrected chi connectivity index (χ3v) is 6.19. The molecule has 0 bridgehead atoms. The monoisotopic (exact) mass is 451 g/mol. The lowest BCUT2D eigenvalue weighted by Gasteiger charge is -2.26. The number of amides is 2. The molecule has 1 N–H and O–H groups in total. The van der Waals surface area contributed by atoms with Crippen molar-refractivity contribution in [3.05, 3.63) is 64.1 Å². The summed E-state index contributed by atoms with van der Waals surface area (Å²) in [5, 5.41) is 3.37. The van der Waals surface area contributed by atoms with Gasteiger partial charge in [0.25, 0.3) is 11.8 Å². The fraction of sp³-hybridized carbons (Fsp3) is 0.292. The van der Waals surface area contributed by atoms with Crippen molar-refractivity contribution in [2.45, 2.75) is 13.8 Å². The van der Waals surface area contributed by atoms with E-state index >= 15 is 0 Å². The van der Waals surface area contributed by atoms with Crippen LogP contribution in [0.3, 0.4) is 0 Å². The van der Waals surface area contributed by atoms with Crippen LogP contribution in [0.1, 0.15) is 16.7 Å². The molecule has 0 aliphatic carbocycles. The van der Waals surface area contributed by atoms with Crippen molar-refractivity contribution in [2.24, 2.45) is 4.99 Å². The zero-order valence-corrected chi connectivity index (χ0v) is 18.9. The minimum absolute atomic E-state index is 0.00297. The topological polar surface area (TPSA) is 80.2 Å². The molecule has 2 aromatic rings. The number of benzene rings is 2. The molecular formula is C24H25N3O4S. The summed E-state index contributed by atoms with van der Waals surface area (Å²) in [5.74, 6) is 0.386. The van der Waals surface area contributed by atoms with E-state index in [2.05, 4.69) is 17.2 Å². The highest BCUT2D eigenvalue weighted by Gasteiger charge is 2.24. The number of aliphatic imine (C=N–C) groups is 1. The average Bonchev–Trinajstić information content (AvgIpc) is 3.14.